The summed E-state index contributed by atoms with van der Waals surface area (Å²) >= 11 is 6.47. The van der Waals surface area contributed by atoms with Crippen LogP contribution in [0.4, 0.5) is 0 Å². The molecule has 0 bridgehead atoms. The van der Waals surface area contributed by atoms with Crippen LogP contribution in [-0.4, -0.2) is 57.6 Å². The van der Waals surface area contributed by atoms with Crippen molar-refractivity contribution in [2.45, 2.75) is 19.1 Å². The number of benzene rings is 2. The summed E-state index contributed by atoms with van der Waals surface area (Å²) in [5.41, 5.74) is 3.83. The maximum Gasteiger partial charge on any atom is 0.264 e. The average Bonchev–Trinajstić information content (AvgIpc) is 3.34. The van der Waals surface area contributed by atoms with Crippen LogP contribution >= 0.6 is 11.6 Å². The second-order valence-electron chi connectivity index (χ2n) is 9.06. The van der Waals surface area contributed by atoms with E-state index in [0.29, 0.717) is 46.9 Å². The highest BCUT2D eigenvalue weighted by atomic mass is 35.5. The molecule has 2 aliphatic rings. The fourth-order valence-corrected chi connectivity index (χ4v) is 5.13. The van der Waals surface area contributed by atoms with Gasteiger partial charge in [0.15, 0.2) is 6.10 Å². The number of rotatable bonds is 4. The maximum atomic E-state index is 13.1. The highest BCUT2D eigenvalue weighted by Crippen LogP contribution is 2.41. The number of pyridine rings is 1. The van der Waals surface area contributed by atoms with Gasteiger partial charge in [0.2, 0.25) is 0 Å². The fraction of sp³-hybridized carbons (Fsp3) is 0.259. The van der Waals surface area contributed by atoms with Gasteiger partial charge in [0.25, 0.3) is 11.5 Å². The van der Waals surface area contributed by atoms with E-state index in [-0.39, 0.29) is 18.0 Å². The molecule has 1 N–H and O–H groups in total. The van der Waals surface area contributed by atoms with Gasteiger partial charge in [-0.3, -0.25) is 19.1 Å². The Morgan fingerprint density at radius 1 is 1.11 bits per heavy atom. The van der Waals surface area contributed by atoms with Crippen LogP contribution in [0.2, 0.25) is 5.02 Å². The number of ether oxygens (including phenoxy) is 1. The third-order valence-corrected chi connectivity index (χ3v) is 6.91. The van der Waals surface area contributed by atoms with Gasteiger partial charge in [0.05, 0.1) is 29.5 Å². The molecule has 1 saturated heterocycles. The molecular formula is C27H24ClN5O3. The lowest BCUT2D eigenvalue weighted by Gasteiger charge is -2.29. The van der Waals surface area contributed by atoms with Crippen molar-refractivity contribution >= 4 is 28.4 Å². The van der Waals surface area contributed by atoms with Gasteiger partial charge in [-0.1, -0.05) is 23.7 Å². The van der Waals surface area contributed by atoms with Crippen LogP contribution in [0, 0.1) is 0 Å². The van der Waals surface area contributed by atoms with E-state index in [9.17, 15) is 9.59 Å². The van der Waals surface area contributed by atoms with Crippen molar-refractivity contribution in [3.8, 4) is 16.9 Å². The minimum atomic E-state index is -0.557. The lowest BCUT2D eigenvalue weighted by Crippen LogP contribution is -2.50. The van der Waals surface area contributed by atoms with Gasteiger partial charge in [-0.25, -0.2) is 4.98 Å². The molecule has 1 fully saturated rings. The molecular weight excluding hydrogens is 478 g/mol. The van der Waals surface area contributed by atoms with Crippen LogP contribution in [0.3, 0.4) is 0 Å². The van der Waals surface area contributed by atoms with E-state index in [1.165, 1.54) is 0 Å². The summed E-state index contributed by atoms with van der Waals surface area (Å²) in [6.45, 7) is 3.22. The molecule has 0 radical (unpaired) electrons. The number of hydrogen-bond acceptors (Lipinski definition) is 6. The van der Waals surface area contributed by atoms with E-state index in [4.69, 9.17) is 16.3 Å². The Balaban J connectivity index is 1.30. The lowest BCUT2D eigenvalue weighted by molar-refractivity contribution is -0.138. The number of aromatic nitrogens is 3. The minimum absolute atomic E-state index is 0.00775. The van der Waals surface area contributed by atoms with Crippen LogP contribution in [0.15, 0.2) is 65.8 Å². The van der Waals surface area contributed by atoms with E-state index >= 15 is 0 Å². The molecule has 1 atom stereocenters. The van der Waals surface area contributed by atoms with Gasteiger partial charge >= 0.3 is 0 Å². The zero-order valence-corrected chi connectivity index (χ0v) is 20.2. The van der Waals surface area contributed by atoms with Gasteiger partial charge in [0.1, 0.15) is 5.75 Å². The third-order valence-electron chi connectivity index (χ3n) is 6.69. The number of hydrogen-bond donors (Lipinski definition) is 1. The maximum absolute atomic E-state index is 13.1. The predicted octanol–water partition coefficient (Wildman–Crippen LogP) is 2.90. The summed E-state index contributed by atoms with van der Waals surface area (Å²) in [5, 5.41) is 4.41. The number of carbonyl (C=O) groups excluding carboxylic acids is 1. The van der Waals surface area contributed by atoms with Crippen molar-refractivity contribution in [3.63, 3.8) is 0 Å². The minimum Gasteiger partial charge on any atom is -0.479 e. The average molecular weight is 502 g/mol. The van der Waals surface area contributed by atoms with Gasteiger partial charge in [-0.05, 0) is 42.0 Å². The highest BCUT2D eigenvalue weighted by Gasteiger charge is 2.34. The molecule has 0 saturated carbocycles. The van der Waals surface area contributed by atoms with E-state index in [1.807, 2.05) is 47.4 Å². The Bertz CT molecular complexity index is 1530. The van der Waals surface area contributed by atoms with Crippen molar-refractivity contribution < 1.29 is 9.53 Å². The monoisotopic (exact) mass is 501 g/mol. The number of fused-ring (bicyclic) bond motifs is 2. The largest absolute Gasteiger partial charge is 0.479 e. The first kappa shape index (κ1) is 22.7. The van der Waals surface area contributed by atoms with Crippen LogP contribution in [0.5, 0.6) is 5.75 Å². The molecule has 8 nitrogen and oxygen atoms in total. The van der Waals surface area contributed by atoms with Gasteiger partial charge < -0.3 is 15.0 Å². The summed E-state index contributed by atoms with van der Waals surface area (Å²) in [7, 11) is 0. The quantitative estimate of drug-likeness (QED) is 0.462. The molecule has 0 unspecified atom stereocenters. The smallest absolute Gasteiger partial charge is 0.264 e. The van der Waals surface area contributed by atoms with Gasteiger partial charge in [-0.2, -0.15) is 0 Å². The number of halogens is 1. The molecule has 1 amide bonds. The molecule has 0 aliphatic carbocycles. The number of amides is 1. The molecule has 2 aromatic carbocycles. The molecule has 2 aliphatic heterocycles. The number of carbonyl (C=O) groups is 1. The van der Waals surface area contributed by atoms with Crippen molar-refractivity contribution in [3.05, 3.63) is 87.7 Å². The Kier molecular flexibility index (Phi) is 5.91. The van der Waals surface area contributed by atoms with Crippen molar-refractivity contribution in [1.29, 1.82) is 0 Å². The second-order valence-corrected chi connectivity index (χ2v) is 9.49. The zero-order valence-electron chi connectivity index (χ0n) is 19.5. The molecule has 9 heteroatoms. The van der Waals surface area contributed by atoms with Crippen LogP contribution in [-0.2, 0) is 17.8 Å². The summed E-state index contributed by atoms with van der Waals surface area (Å²) in [4.78, 5) is 36.7. The number of piperazine rings is 1. The molecule has 2 aromatic heterocycles. The lowest BCUT2D eigenvalue weighted by atomic mass is 10.0. The number of nitrogens with one attached hydrogen (secondary N) is 1. The van der Waals surface area contributed by atoms with Crippen molar-refractivity contribution in [2.24, 2.45) is 0 Å². The first-order valence-corrected chi connectivity index (χ1v) is 12.3. The topological polar surface area (TPSA) is 89.3 Å². The van der Waals surface area contributed by atoms with Crippen LogP contribution in [0.1, 0.15) is 11.3 Å². The van der Waals surface area contributed by atoms with E-state index < -0.39 is 6.10 Å². The first-order chi connectivity index (χ1) is 17.6. The Morgan fingerprint density at radius 2 is 1.94 bits per heavy atom. The molecule has 4 heterocycles. The summed E-state index contributed by atoms with van der Waals surface area (Å²) in [5.74, 6) is 0.683. The fourth-order valence-electron chi connectivity index (χ4n) is 4.89. The molecule has 36 heavy (non-hydrogen) atoms. The van der Waals surface area contributed by atoms with Crippen LogP contribution in [0.25, 0.3) is 22.0 Å². The SMILES string of the molecule is O=C([C@@H]1Cc2cc(Cl)cc(-c3ccnc(Cn4cnc5ccccc5c4=O)c3)c2O1)N1CCNCC1. The van der Waals surface area contributed by atoms with E-state index in [0.717, 1.165) is 29.8 Å². The Hall–Kier alpha value is -3.75. The van der Waals surface area contributed by atoms with Crippen molar-refractivity contribution in [1.82, 2.24) is 24.8 Å². The Labute approximate surface area is 212 Å². The first-order valence-electron chi connectivity index (χ1n) is 11.9. The second kappa shape index (κ2) is 9.37. The zero-order chi connectivity index (χ0) is 24.6. The van der Waals surface area contributed by atoms with Gasteiger partial charge in [-0.15, -0.1) is 0 Å². The molecule has 0 spiro atoms. The molecule has 182 valence electrons. The normalized spacial score (nSPS) is 17.1. The third kappa shape index (κ3) is 4.23. The highest BCUT2D eigenvalue weighted by molar-refractivity contribution is 6.31. The summed E-state index contributed by atoms with van der Waals surface area (Å²) in [6, 6.07) is 14.8. The summed E-state index contributed by atoms with van der Waals surface area (Å²) < 4.78 is 7.78. The molecule has 6 rings (SSSR count). The molecule has 4 aromatic rings. The standard InChI is InChI=1S/C27H24ClN5O3/c28-19-11-18-13-24(27(35)32-9-7-29-8-10-32)36-25(18)22(14-19)17-5-6-30-20(12-17)15-33-16-31-23-4-2-1-3-21(23)26(33)34/h1-6,11-12,14,16,24,29H,7-10,13,15H2/t24-/m0/s1. The van der Waals surface area contributed by atoms with Crippen molar-refractivity contribution in [2.75, 3.05) is 26.2 Å². The number of para-hydroxylation sites is 1. The van der Waals surface area contributed by atoms with Gasteiger partial charge in [0, 0.05) is 54.9 Å². The Morgan fingerprint density at radius 3 is 2.81 bits per heavy atom. The van der Waals surface area contributed by atoms with E-state index in [1.54, 1.807) is 23.2 Å². The van der Waals surface area contributed by atoms with Crippen LogP contribution < -0.4 is 15.6 Å². The predicted molar refractivity (Wildman–Crippen MR) is 137 cm³/mol. The van der Waals surface area contributed by atoms with E-state index in [2.05, 4.69) is 15.3 Å². The number of nitrogens with zero attached hydrogens (tertiary/aromatic N) is 4. The summed E-state index contributed by atoms with van der Waals surface area (Å²) in [6.07, 6.45) is 3.18.